The van der Waals surface area contributed by atoms with Gasteiger partial charge in [0.25, 0.3) is 0 Å². The van der Waals surface area contributed by atoms with Crippen LogP contribution in [0.25, 0.3) is 21.5 Å². The van der Waals surface area contributed by atoms with E-state index in [1.807, 2.05) is 6.08 Å². The van der Waals surface area contributed by atoms with Crippen molar-refractivity contribution in [1.82, 2.24) is 0 Å². The van der Waals surface area contributed by atoms with Crippen LogP contribution in [0.15, 0.2) is 101 Å². The quantitative estimate of drug-likeness (QED) is 0.259. The number of allylic oxidation sites excluding steroid dienone is 1. The van der Waals surface area contributed by atoms with Gasteiger partial charge in [0.2, 0.25) is 0 Å². The average molecular weight is 499 g/mol. The van der Waals surface area contributed by atoms with Crippen molar-refractivity contribution in [3.05, 3.63) is 118 Å². The molecule has 4 aromatic rings. The number of aryl methyl sites for hydroxylation is 1. The predicted molar refractivity (Wildman–Crippen MR) is 141 cm³/mol. The van der Waals surface area contributed by atoms with Gasteiger partial charge in [-0.3, -0.25) is 0 Å². The van der Waals surface area contributed by atoms with Crippen LogP contribution >= 0.6 is 15.9 Å². The monoisotopic (exact) mass is 498 g/mol. The van der Waals surface area contributed by atoms with Crippen molar-refractivity contribution in [2.75, 3.05) is 13.7 Å². The molecule has 2 aliphatic rings. The minimum Gasteiger partial charge on any atom is -0.497 e. The molecule has 0 saturated heterocycles. The van der Waals surface area contributed by atoms with Crippen molar-refractivity contribution in [2.45, 2.75) is 25.2 Å². The highest BCUT2D eigenvalue weighted by Crippen LogP contribution is 2.42. The number of ether oxygens (including phenoxy) is 2. The molecule has 2 nitrogen and oxygen atoms in total. The summed E-state index contributed by atoms with van der Waals surface area (Å²) in [7, 11) is 1.64. The smallest absolute Gasteiger partial charge is 0.121 e. The van der Waals surface area contributed by atoms with Crippen LogP contribution in [0.3, 0.4) is 0 Å². The summed E-state index contributed by atoms with van der Waals surface area (Å²) in [6, 6.07) is 27.0. The summed E-state index contributed by atoms with van der Waals surface area (Å²) in [4.78, 5) is 0. The van der Waals surface area contributed by atoms with Gasteiger partial charge >= 0.3 is 0 Å². The van der Waals surface area contributed by atoms with Crippen molar-refractivity contribution in [3.63, 3.8) is 0 Å². The number of halogens is 1. The van der Waals surface area contributed by atoms with Crippen molar-refractivity contribution < 1.29 is 9.47 Å². The Morgan fingerprint density at radius 2 is 1.70 bits per heavy atom. The van der Waals surface area contributed by atoms with Gasteiger partial charge in [-0.15, -0.1) is 0 Å². The Morgan fingerprint density at radius 1 is 0.879 bits per heavy atom. The number of hydrogen-bond donors (Lipinski definition) is 0. The van der Waals surface area contributed by atoms with Crippen molar-refractivity contribution in [1.29, 1.82) is 0 Å². The second-order valence-electron chi connectivity index (χ2n) is 8.46. The minimum absolute atomic E-state index is 0.502. The highest BCUT2D eigenvalue weighted by Gasteiger charge is 2.24. The minimum atomic E-state index is 0.502. The summed E-state index contributed by atoms with van der Waals surface area (Å²) in [5.41, 5.74) is 4.52. The summed E-state index contributed by atoms with van der Waals surface area (Å²) in [6.45, 7) is 0.625. The third-order valence-electron chi connectivity index (χ3n) is 6.56. The third kappa shape index (κ3) is 4.56. The Balaban J connectivity index is 0.000000243. The van der Waals surface area contributed by atoms with Gasteiger partial charge in [-0.1, -0.05) is 76.6 Å². The van der Waals surface area contributed by atoms with Crippen LogP contribution in [0.5, 0.6) is 0 Å². The molecule has 0 saturated carbocycles. The van der Waals surface area contributed by atoms with Crippen LogP contribution in [0, 0.1) is 0 Å². The molecule has 0 aromatic heterocycles. The largest absolute Gasteiger partial charge is 0.497 e. The zero-order valence-electron chi connectivity index (χ0n) is 18.8. The lowest BCUT2D eigenvalue weighted by molar-refractivity contribution is 0.250. The fourth-order valence-electron chi connectivity index (χ4n) is 4.98. The molecule has 0 bridgehead atoms. The first kappa shape index (κ1) is 21.8. The number of hydrogen-bond acceptors (Lipinski definition) is 2. The standard InChI is InChI=1S/C24H19Br.C6H8O2/c25-19-12-8-17(9-13-19)21-7-3-5-18-11-14-22-20-6-2-1-4-16(20)10-15-23(22)24(18)21;1-7-6-2-4-8-5-3-6/h1-2,4,6,8-15,21H,3,5,7H2;2-4H,5H2,1H3. The van der Waals surface area contributed by atoms with Crippen molar-refractivity contribution in [2.24, 2.45) is 0 Å². The van der Waals surface area contributed by atoms with Gasteiger partial charge in [-0.05, 0) is 75.7 Å². The molecule has 4 aromatic carbocycles. The Morgan fingerprint density at radius 3 is 2.45 bits per heavy atom. The van der Waals surface area contributed by atoms with Gasteiger partial charge in [-0.25, -0.2) is 0 Å². The average Bonchev–Trinajstić information content (AvgIpc) is 2.89. The molecule has 1 aliphatic heterocycles. The summed E-state index contributed by atoms with van der Waals surface area (Å²) >= 11 is 3.57. The van der Waals surface area contributed by atoms with E-state index >= 15 is 0 Å². The molecule has 33 heavy (non-hydrogen) atoms. The molecule has 1 unspecified atom stereocenters. The molecule has 1 heterocycles. The van der Waals surface area contributed by atoms with Crippen LogP contribution in [0.1, 0.15) is 35.4 Å². The molecular formula is C30H27BrO2. The van der Waals surface area contributed by atoms with E-state index in [-0.39, 0.29) is 0 Å². The fourth-order valence-corrected chi connectivity index (χ4v) is 5.24. The number of rotatable bonds is 2. The highest BCUT2D eigenvalue weighted by molar-refractivity contribution is 9.10. The van der Waals surface area contributed by atoms with Crippen LogP contribution in [0.2, 0.25) is 0 Å². The van der Waals surface area contributed by atoms with Crippen molar-refractivity contribution in [3.8, 4) is 0 Å². The number of benzene rings is 4. The van der Waals surface area contributed by atoms with Crippen molar-refractivity contribution >= 4 is 37.5 Å². The number of methoxy groups -OCH3 is 1. The SMILES string of the molecule is Brc1ccc(C2CCCc3ccc4c(ccc5ccccc54)c32)cc1.COC1=CCOC=C1. The summed E-state index contributed by atoms with van der Waals surface area (Å²) in [6.07, 6.45) is 8.99. The lowest BCUT2D eigenvalue weighted by Crippen LogP contribution is -2.11. The Kier molecular flexibility index (Phi) is 6.50. The summed E-state index contributed by atoms with van der Waals surface area (Å²) in [5.74, 6) is 1.37. The lowest BCUT2D eigenvalue weighted by Gasteiger charge is -2.28. The van der Waals surface area contributed by atoms with Gasteiger partial charge in [-0.2, -0.15) is 0 Å². The molecule has 3 heteroatoms. The van der Waals surface area contributed by atoms with E-state index in [9.17, 15) is 0 Å². The molecule has 1 atom stereocenters. The summed E-state index contributed by atoms with van der Waals surface area (Å²) < 4.78 is 10.9. The lowest BCUT2D eigenvalue weighted by atomic mass is 9.76. The van der Waals surface area contributed by atoms with Gasteiger partial charge in [0, 0.05) is 16.5 Å². The molecule has 0 amide bonds. The van der Waals surface area contributed by atoms with E-state index in [0.717, 1.165) is 10.2 Å². The van der Waals surface area contributed by atoms with Crippen LogP contribution in [-0.2, 0) is 15.9 Å². The van der Waals surface area contributed by atoms with Gasteiger partial charge < -0.3 is 9.47 Å². The Labute approximate surface area is 203 Å². The topological polar surface area (TPSA) is 18.5 Å². The van der Waals surface area contributed by atoms with Gasteiger partial charge in [0.15, 0.2) is 0 Å². The molecule has 1 aliphatic carbocycles. The molecule has 166 valence electrons. The Bertz CT molecular complexity index is 1340. The van der Waals surface area contributed by atoms with E-state index in [4.69, 9.17) is 9.47 Å². The van der Waals surface area contributed by atoms with Gasteiger partial charge in [0.05, 0.1) is 13.4 Å². The molecule has 0 fully saturated rings. The molecule has 0 N–H and O–H groups in total. The second-order valence-corrected chi connectivity index (χ2v) is 9.38. The first-order valence-corrected chi connectivity index (χ1v) is 12.2. The van der Waals surface area contributed by atoms with E-state index in [1.165, 1.54) is 51.9 Å². The first-order chi connectivity index (χ1) is 16.2. The van der Waals surface area contributed by atoms with E-state index in [0.29, 0.717) is 12.5 Å². The fraction of sp³-hybridized carbons (Fsp3) is 0.200. The summed E-state index contributed by atoms with van der Waals surface area (Å²) in [5, 5.41) is 5.51. The number of fused-ring (bicyclic) bond motifs is 5. The predicted octanol–water partition coefficient (Wildman–Crippen LogP) is 8.28. The molecular weight excluding hydrogens is 472 g/mol. The zero-order valence-corrected chi connectivity index (χ0v) is 20.3. The maximum atomic E-state index is 4.89. The van der Waals surface area contributed by atoms with Crippen LogP contribution < -0.4 is 0 Å². The molecule has 0 spiro atoms. The van der Waals surface area contributed by atoms with Crippen LogP contribution in [0.4, 0.5) is 0 Å². The highest BCUT2D eigenvalue weighted by atomic mass is 79.9. The molecule has 6 rings (SSSR count). The molecule has 0 radical (unpaired) electrons. The maximum absolute atomic E-state index is 4.89. The van der Waals surface area contributed by atoms with Gasteiger partial charge in [0.1, 0.15) is 12.4 Å². The van der Waals surface area contributed by atoms with E-state index < -0.39 is 0 Å². The second kappa shape index (κ2) is 9.84. The normalized spacial score (nSPS) is 16.9. The maximum Gasteiger partial charge on any atom is 0.121 e. The first-order valence-electron chi connectivity index (χ1n) is 11.5. The van der Waals surface area contributed by atoms with E-state index in [2.05, 4.69) is 88.7 Å². The van der Waals surface area contributed by atoms with Crippen LogP contribution in [-0.4, -0.2) is 13.7 Å². The third-order valence-corrected chi connectivity index (χ3v) is 7.09. The zero-order chi connectivity index (χ0) is 22.6. The Hall–Kier alpha value is -3.04. The van der Waals surface area contributed by atoms with E-state index in [1.54, 1.807) is 25.0 Å².